The molecule has 1 unspecified atom stereocenters. The first kappa shape index (κ1) is 14.8. The zero-order valence-electron chi connectivity index (χ0n) is 9.85. The number of amides is 1. The van der Waals surface area contributed by atoms with Gasteiger partial charge in [-0.25, -0.2) is 0 Å². The van der Waals surface area contributed by atoms with Gasteiger partial charge in [-0.3, -0.25) is 4.79 Å². The van der Waals surface area contributed by atoms with E-state index in [1.165, 1.54) is 11.3 Å². The van der Waals surface area contributed by atoms with Crippen LogP contribution in [0.3, 0.4) is 0 Å². The fourth-order valence-electron chi connectivity index (χ4n) is 1.45. The summed E-state index contributed by atoms with van der Waals surface area (Å²) in [4.78, 5) is 11.2. The highest BCUT2D eigenvalue weighted by atomic mass is 35.5. The number of hydrogen-bond acceptors (Lipinski definition) is 3. The molecule has 17 heavy (non-hydrogen) atoms. The van der Waals surface area contributed by atoms with Gasteiger partial charge < -0.3 is 10.6 Å². The van der Waals surface area contributed by atoms with Crippen LogP contribution in [-0.4, -0.2) is 19.0 Å². The third-order valence-corrected chi connectivity index (χ3v) is 3.84. The Morgan fingerprint density at radius 3 is 2.76 bits per heavy atom. The van der Waals surface area contributed by atoms with Gasteiger partial charge in [0.25, 0.3) is 0 Å². The molecule has 1 rings (SSSR count). The molecule has 0 saturated heterocycles. The molecule has 1 amide bonds. The van der Waals surface area contributed by atoms with Gasteiger partial charge in [0.2, 0.25) is 5.91 Å². The molecule has 3 nitrogen and oxygen atoms in total. The monoisotopic (exact) mass is 294 g/mol. The van der Waals surface area contributed by atoms with Crippen molar-refractivity contribution >= 4 is 40.4 Å². The minimum atomic E-state index is 0.0571. The summed E-state index contributed by atoms with van der Waals surface area (Å²) in [6, 6.07) is 1.96. The second-order valence-corrected chi connectivity index (χ2v) is 5.94. The molecule has 1 aromatic heterocycles. The maximum absolute atomic E-state index is 11.2. The molecule has 6 heteroatoms. The number of carbonyl (C=O) groups excluding carboxylic acids is 1. The van der Waals surface area contributed by atoms with E-state index in [-0.39, 0.29) is 11.9 Å². The van der Waals surface area contributed by atoms with Gasteiger partial charge in [-0.1, -0.05) is 23.2 Å². The summed E-state index contributed by atoms with van der Waals surface area (Å²) in [5, 5.41) is 6.00. The smallest absolute Gasteiger partial charge is 0.221 e. The lowest BCUT2D eigenvalue weighted by molar-refractivity contribution is -0.120. The van der Waals surface area contributed by atoms with Gasteiger partial charge in [0.15, 0.2) is 0 Å². The summed E-state index contributed by atoms with van der Waals surface area (Å²) in [7, 11) is 0. The average molecular weight is 295 g/mol. The first-order valence-corrected chi connectivity index (χ1v) is 7.06. The number of carbonyl (C=O) groups is 1. The Balaban J connectivity index is 2.37. The molecule has 0 saturated carbocycles. The maximum Gasteiger partial charge on any atom is 0.221 e. The highest BCUT2D eigenvalue weighted by molar-refractivity contribution is 7.20. The van der Waals surface area contributed by atoms with Gasteiger partial charge in [-0.2, -0.15) is 0 Å². The van der Waals surface area contributed by atoms with Gasteiger partial charge in [0.1, 0.15) is 0 Å². The van der Waals surface area contributed by atoms with Crippen LogP contribution in [0.2, 0.25) is 8.67 Å². The van der Waals surface area contributed by atoms with Crippen molar-refractivity contribution in [2.75, 3.05) is 13.1 Å². The molecule has 0 fully saturated rings. The summed E-state index contributed by atoms with van der Waals surface area (Å²) in [6.07, 6.45) is 0.466. The summed E-state index contributed by atoms with van der Waals surface area (Å²) in [6.45, 7) is 5.19. The summed E-state index contributed by atoms with van der Waals surface area (Å²) < 4.78 is 1.38. The Morgan fingerprint density at radius 2 is 2.24 bits per heavy atom. The lowest BCUT2D eigenvalue weighted by Crippen LogP contribution is -2.28. The number of hydrogen-bond donors (Lipinski definition) is 2. The third-order valence-electron chi connectivity index (χ3n) is 2.33. The van der Waals surface area contributed by atoms with E-state index < -0.39 is 0 Å². The van der Waals surface area contributed by atoms with Crippen molar-refractivity contribution in [2.24, 2.45) is 0 Å². The fourth-order valence-corrected chi connectivity index (χ4v) is 3.09. The van der Waals surface area contributed by atoms with E-state index in [0.717, 1.165) is 5.56 Å². The molecule has 96 valence electrons. The van der Waals surface area contributed by atoms with Crippen LogP contribution in [0.1, 0.15) is 31.9 Å². The molecular weight excluding hydrogens is 279 g/mol. The topological polar surface area (TPSA) is 41.1 Å². The highest BCUT2D eigenvalue weighted by Gasteiger charge is 2.13. The zero-order chi connectivity index (χ0) is 12.8. The highest BCUT2D eigenvalue weighted by Crippen LogP contribution is 2.34. The normalized spacial score (nSPS) is 12.5. The van der Waals surface area contributed by atoms with Gasteiger partial charge >= 0.3 is 0 Å². The van der Waals surface area contributed by atoms with E-state index in [2.05, 4.69) is 10.6 Å². The van der Waals surface area contributed by atoms with Gasteiger partial charge in [0, 0.05) is 25.6 Å². The standard InChI is InChI=1S/C11H16Cl2N2OS/c1-3-14-10(16)4-5-15-7(2)8-6-9(12)17-11(8)13/h6-7,15H,3-5H2,1-2H3,(H,14,16). The summed E-state index contributed by atoms with van der Waals surface area (Å²) >= 11 is 13.3. The fraction of sp³-hybridized carbons (Fsp3) is 0.545. The molecule has 0 spiro atoms. The number of halogens is 2. The average Bonchev–Trinajstić information content (AvgIpc) is 2.58. The minimum absolute atomic E-state index is 0.0571. The maximum atomic E-state index is 11.2. The zero-order valence-corrected chi connectivity index (χ0v) is 12.2. The largest absolute Gasteiger partial charge is 0.356 e. The van der Waals surface area contributed by atoms with Gasteiger partial charge in [-0.15, -0.1) is 11.3 Å². The van der Waals surface area contributed by atoms with Crippen molar-refractivity contribution in [3.63, 3.8) is 0 Å². The Labute approximate surface area is 115 Å². The summed E-state index contributed by atoms with van der Waals surface area (Å²) in [5.74, 6) is 0.0571. The quantitative estimate of drug-likeness (QED) is 0.846. The van der Waals surface area contributed by atoms with Gasteiger partial charge in [0.05, 0.1) is 8.67 Å². The van der Waals surface area contributed by atoms with Crippen LogP contribution in [-0.2, 0) is 4.79 Å². The van der Waals surface area contributed by atoms with Crippen LogP contribution in [0.15, 0.2) is 6.07 Å². The second kappa shape index (κ2) is 7.21. The molecule has 2 N–H and O–H groups in total. The van der Waals surface area contributed by atoms with Crippen LogP contribution in [0.5, 0.6) is 0 Å². The van der Waals surface area contributed by atoms with Crippen molar-refractivity contribution in [1.82, 2.24) is 10.6 Å². The van der Waals surface area contributed by atoms with E-state index in [1.807, 2.05) is 19.9 Å². The lowest BCUT2D eigenvalue weighted by atomic mass is 10.2. The predicted octanol–water partition coefficient (Wildman–Crippen LogP) is 3.23. The van der Waals surface area contributed by atoms with E-state index >= 15 is 0 Å². The molecule has 0 aromatic carbocycles. The Morgan fingerprint density at radius 1 is 1.53 bits per heavy atom. The summed E-state index contributed by atoms with van der Waals surface area (Å²) in [5.41, 5.74) is 0.984. The molecular formula is C11H16Cl2N2OS. The van der Waals surface area contributed by atoms with Gasteiger partial charge in [-0.05, 0) is 25.5 Å². The third kappa shape index (κ3) is 4.84. The van der Waals surface area contributed by atoms with E-state index in [9.17, 15) is 4.79 Å². The van der Waals surface area contributed by atoms with Crippen molar-refractivity contribution in [3.05, 3.63) is 20.3 Å². The molecule has 1 atom stereocenters. The molecule has 0 aliphatic carbocycles. The Kier molecular flexibility index (Phi) is 6.27. The van der Waals surface area contributed by atoms with Crippen molar-refractivity contribution < 1.29 is 4.79 Å². The first-order valence-electron chi connectivity index (χ1n) is 5.49. The van der Waals surface area contributed by atoms with Crippen LogP contribution >= 0.6 is 34.5 Å². The van der Waals surface area contributed by atoms with Crippen molar-refractivity contribution in [2.45, 2.75) is 26.3 Å². The molecule has 1 heterocycles. The molecule has 0 bridgehead atoms. The number of thiophene rings is 1. The Bertz CT molecular complexity index is 382. The SMILES string of the molecule is CCNC(=O)CCNC(C)c1cc(Cl)sc1Cl. The Hall–Kier alpha value is -0.290. The number of nitrogens with one attached hydrogen (secondary N) is 2. The van der Waals surface area contributed by atoms with Crippen molar-refractivity contribution in [1.29, 1.82) is 0 Å². The molecule has 0 aliphatic rings. The van der Waals surface area contributed by atoms with Crippen LogP contribution < -0.4 is 10.6 Å². The number of rotatable bonds is 6. The lowest BCUT2D eigenvalue weighted by Gasteiger charge is -2.12. The van der Waals surface area contributed by atoms with E-state index in [1.54, 1.807) is 0 Å². The van der Waals surface area contributed by atoms with Crippen LogP contribution in [0, 0.1) is 0 Å². The van der Waals surface area contributed by atoms with Crippen LogP contribution in [0.4, 0.5) is 0 Å². The predicted molar refractivity (Wildman–Crippen MR) is 74.1 cm³/mol. The van der Waals surface area contributed by atoms with E-state index in [0.29, 0.717) is 28.2 Å². The minimum Gasteiger partial charge on any atom is -0.356 e. The van der Waals surface area contributed by atoms with Crippen LogP contribution in [0.25, 0.3) is 0 Å². The first-order chi connectivity index (χ1) is 8.04. The molecule has 1 aromatic rings. The van der Waals surface area contributed by atoms with Crippen molar-refractivity contribution in [3.8, 4) is 0 Å². The molecule has 0 aliphatic heterocycles. The van der Waals surface area contributed by atoms with E-state index in [4.69, 9.17) is 23.2 Å². The molecule has 0 radical (unpaired) electrons. The second-order valence-electron chi connectivity index (χ2n) is 3.66.